The first-order valence-electron chi connectivity index (χ1n) is 18.1. The summed E-state index contributed by atoms with van der Waals surface area (Å²) in [6.45, 7) is 0. The third-order valence-electron chi connectivity index (χ3n) is 8.96. The molecule has 0 saturated heterocycles. The first-order chi connectivity index (χ1) is 29.2. The third kappa shape index (κ3) is 10.9. The number of anilines is 4. The summed E-state index contributed by atoms with van der Waals surface area (Å²) in [5.74, 6) is -6.99. The lowest BCUT2D eigenvalue weighted by Crippen LogP contribution is -2.43. The summed E-state index contributed by atoms with van der Waals surface area (Å²) in [4.78, 5) is 76.1. The molecule has 17 nitrogen and oxygen atoms in total. The molecule has 0 spiro atoms. The van der Waals surface area contributed by atoms with Crippen LogP contribution in [0, 0.1) is 17.1 Å². The molecule has 61 heavy (non-hydrogen) atoms. The maximum Gasteiger partial charge on any atom is 0.339 e. The van der Waals surface area contributed by atoms with Gasteiger partial charge in [-0.1, -0.05) is 12.1 Å². The number of aromatic carboxylic acids is 1. The predicted molar refractivity (Wildman–Crippen MR) is 219 cm³/mol. The number of aromatic hydroxyl groups is 2. The van der Waals surface area contributed by atoms with Crippen molar-refractivity contribution in [3.63, 3.8) is 0 Å². The number of carbonyl (C=O) groups is 6. The van der Waals surface area contributed by atoms with Gasteiger partial charge in [0.15, 0.2) is 23.0 Å². The van der Waals surface area contributed by atoms with Crippen LogP contribution in [0.4, 0.5) is 27.1 Å². The minimum Gasteiger partial charge on any atom is -0.504 e. The van der Waals surface area contributed by atoms with E-state index in [1.807, 2.05) is 6.07 Å². The van der Waals surface area contributed by atoms with Crippen molar-refractivity contribution in [2.24, 2.45) is 0 Å². The highest BCUT2D eigenvalue weighted by Crippen LogP contribution is 2.40. The molecule has 0 aromatic heterocycles. The van der Waals surface area contributed by atoms with E-state index in [0.29, 0.717) is 12.1 Å². The maximum absolute atomic E-state index is 13.2. The van der Waals surface area contributed by atoms with Gasteiger partial charge in [0, 0.05) is 28.9 Å². The second-order valence-corrected chi connectivity index (χ2v) is 13.0. The van der Waals surface area contributed by atoms with Gasteiger partial charge in [-0.3, -0.25) is 24.0 Å². The number of phenolic OH excluding ortho intramolecular Hbond substituents is 1. The first kappa shape index (κ1) is 43.7. The number of carboxylic acid groups (broad SMARTS) is 1. The molecule has 5 aromatic rings. The largest absolute Gasteiger partial charge is 0.504 e. The van der Waals surface area contributed by atoms with Gasteiger partial charge in [0.2, 0.25) is 11.8 Å². The molecule has 5 rings (SSSR count). The lowest BCUT2D eigenvalue weighted by molar-refractivity contribution is -0.118. The number of carboxylic acids is 1. The third-order valence-corrected chi connectivity index (χ3v) is 8.96. The number of ether oxygens (including phenoxy) is 2. The zero-order valence-electron chi connectivity index (χ0n) is 32.4. The molecule has 0 heterocycles. The van der Waals surface area contributed by atoms with Crippen LogP contribution in [0.2, 0.25) is 0 Å². The molecule has 18 heteroatoms. The Hall–Kier alpha value is -8.46. The van der Waals surface area contributed by atoms with E-state index in [4.69, 9.17) is 9.47 Å². The average molecular weight is 833 g/mol. The Labute approximate surface area is 346 Å². The van der Waals surface area contributed by atoms with Crippen LogP contribution in [0.15, 0.2) is 97.1 Å². The molecule has 0 radical (unpaired) electrons. The summed E-state index contributed by atoms with van der Waals surface area (Å²) < 4.78 is 23.4. The minimum absolute atomic E-state index is 0.0204. The number of carbonyl (C=O) groups excluding carboxylic acids is 5. The Morgan fingerprint density at radius 2 is 1.16 bits per heavy atom. The molecule has 0 aliphatic heterocycles. The van der Waals surface area contributed by atoms with Gasteiger partial charge < -0.3 is 51.4 Å². The number of methoxy groups -OCH3 is 2. The van der Waals surface area contributed by atoms with Crippen molar-refractivity contribution in [2.75, 3.05) is 35.5 Å². The molecule has 5 aromatic carbocycles. The fourth-order valence-corrected chi connectivity index (χ4v) is 5.81. The number of nitrogens with one attached hydrogen (secondary N) is 5. The Morgan fingerprint density at radius 3 is 1.70 bits per heavy atom. The maximum atomic E-state index is 13.2. The van der Waals surface area contributed by atoms with Gasteiger partial charge in [0.05, 0.1) is 43.6 Å². The molecule has 312 valence electrons. The summed E-state index contributed by atoms with van der Waals surface area (Å²) >= 11 is 0. The Balaban J connectivity index is 1.16. The molecular formula is C43H37FN6O11. The van der Waals surface area contributed by atoms with E-state index in [0.717, 1.165) is 18.7 Å². The zero-order valence-corrected chi connectivity index (χ0v) is 32.4. The SMILES string of the molecule is COc1c(NC(=O)c2ccc(NC(=O)c3ccc(NC(=O)[C@H](CC#N)NC(=O)c4ccc(NC(=O)CCc5ccc(F)cc5)cc4)cc3)c(OC)c2O)ccc(C(=O)O)c1O. The van der Waals surface area contributed by atoms with Crippen molar-refractivity contribution in [3.05, 3.63) is 131 Å². The molecule has 8 N–H and O–H groups in total. The predicted octanol–water partition coefficient (Wildman–Crippen LogP) is 5.68. The standard InChI is InChI=1S/C43H37FN6O11/c1-60-37-31(18-16-29(35(37)52)41(56)49-32-19-17-30(43(58)59)36(53)38(32)61-2)48-39(54)24-8-14-28(15-9-24)47-42(57)33(21-22-45)50-40(55)25-6-12-27(13-7-25)46-34(51)20-5-23-3-10-26(44)11-4-23/h3-4,6-19,33,52-53H,5,20-21H2,1-2H3,(H,46,51)(H,47,57)(H,48,54)(H,49,56)(H,50,55)(H,58,59)/t33-/m0/s1. The number of nitrogens with zero attached hydrogens (tertiary/aromatic N) is 1. The first-order valence-corrected chi connectivity index (χ1v) is 18.1. The molecule has 0 aliphatic rings. The number of rotatable bonds is 16. The van der Waals surface area contributed by atoms with E-state index in [1.54, 1.807) is 12.1 Å². The van der Waals surface area contributed by atoms with Crippen LogP contribution in [-0.2, 0) is 16.0 Å². The number of aryl methyl sites for hydroxylation is 1. The van der Waals surface area contributed by atoms with Crippen LogP contribution in [0.3, 0.4) is 0 Å². The number of hydrogen-bond donors (Lipinski definition) is 8. The molecule has 0 saturated carbocycles. The number of benzene rings is 5. The van der Waals surface area contributed by atoms with Gasteiger partial charge in [-0.25, -0.2) is 9.18 Å². The quantitative estimate of drug-likeness (QED) is 0.0597. The Bertz CT molecular complexity index is 2520. The summed E-state index contributed by atoms with van der Waals surface area (Å²) in [6, 6.07) is 22.6. The van der Waals surface area contributed by atoms with Crippen molar-refractivity contribution >= 4 is 58.3 Å². The van der Waals surface area contributed by atoms with Crippen molar-refractivity contribution < 1.29 is 58.0 Å². The van der Waals surface area contributed by atoms with Crippen molar-refractivity contribution in [2.45, 2.75) is 25.3 Å². The van der Waals surface area contributed by atoms with Gasteiger partial charge in [-0.15, -0.1) is 0 Å². The average Bonchev–Trinajstić information content (AvgIpc) is 3.23. The van der Waals surface area contributed by atoms with Gasteiger partial charge in [-0.2, -0.15) is 5.26 Å². The van der Waals surface area contributed by atoms with Gasteiger partial charge in [0.1, 0.15) is 17.4 Å². The van der Waals surface area contributed by atoms with E-state index in [-0.39, 0.29) is 69.8 Å². The highest BCUT2D eigenvalue weighted by Gasteiger charge is 2.25. The second-order valence-electron chi connectivity index (χ2n) is 13.0. The highest BCUT2D eigenvalue weighted by atomic mass is 19.1. The molecule has 5 amide bonds. The van der Waals surface area contributed by atoms with Crippen LogP contribution in [0.5, 0.6) is 23.0 Å². The molecule has 0 bridgehead atoms. The van der Waals surface area contributed by atoms with Crippen LogP contribution >= 0.6 is 0 Å². The summed E-state index contributed by atoms with van der Waals surface area (Å²) in [6.07, 6.45) is 0.185. The summed E-state index contributed by atoms with van der Waals surface area (Å²) in [7, 11) is 2.35. The smallest absolute Gasteiger partial charge is 0.339 e. The minimum atomic E-state index is -1.43. The van der Waals surface area contributed by atoms with Crippen molar-refractivity contribution in [1.82, 2.24) is 5.32 Å². The van der Waals surface area contributed by atoms with Gasteiger partial charge >= 0.3 is 5.97 Å². The lowest BCUT2D eigenvalue weighted by atomic mass is 10.1. The molecule has 1 atom stereocenters. The van der Waals surface area contributed by atoms with E-state index in [1.165, 1.54) is 86.0 Å². The van der Waals surface area contributed by atoms with E-state index < -0.39 is 52.7 Å². The van der Waals surface area contributed by atoms with Crippen LogP contribution < -0.4 is 36.1 Å². The molecule has 0 fully saturated rings. The number of amides is 5. The van der Waals surface area contributed by atoms with Gasteiger partial charge in [0.25, 0.3) is 17.7 Å². The van der Waals surface area contributed by atoms with E-state index >= 15 is 0 Å². The van der Waals surface area contributed by atoms with Crippen LogP contribution in [0.1, 0.15) is 59.8 Å². The fourth-order valence-electron chi connectivity index (χ4n) is 5.81. The van der Waals surface area contributed by atoms with Crippen molar-refractivity contribution in [3.8, 4) is 29.1 Å². The fraction of sp³-hybridized carbons (Fsp3) is 0.140. The summed E-state index contributed by atoms with van der Waals surface area (Å²) in [5.41, 5.74) is 0.825. The molecular weight excluding hydrogens is 796 g/mol. The number of phenols is 2. The van der Waals surface area contributed by atoms with Gasteiger partial charge in [-0.05, 0) is 96.9 Å². The topological polar surface area (TPSA) is 266 Å². The van der Waals surface area contributed by atoms with E-state index in [2.05, 4.69) is 26.6 Å². The van der Waals surface area contributed by atoms with Crippen LogP contribution in [-0.4, -0.2) is 71.1 Å². The number of halogens is 1. The Morgan fingerprint density at radius 1 is 0.656 bits per heavy atom. The highest BCUT2D eigenvalue weighted by molar-refractivity contribution is 6.10. The second kappa shape index (κ2) is 19.8. The van der Waals surface area contributed by atoms with Crippen LogP contribution in [0.25, 0.3) is 0 Å². The summed E-state index contributed by atoms with van der Waals surface area (Å²) in [5, 5.41) is 52.6. The zero-order chi connectivity index (χ0) is 44.2. The van der Waals surface area contributed by atoms with E-state index in [9.17, 15) is 53.7 Å². The molecule has 0 unspecified atom stereocenters. The molecule has 0 aliphatic carbocycles. The monoisotopic (exact) mass is 832 g/mol. The number of nitriles is 1. The number of hydrogen-bond acceptors (Lipinski definition) is 11. The van der Waals surface area contributed by atoms with Crippen molar-refractivity contribution in [1.29, 1.82) is 5.26 Å². The normalized spacial score (nSPS) is 10.9. The Kier molecular flexibility index (Phi) is 14.2. The lowest BCUT2D eigenvalue weighted by Gasteiger charge is -2.17.